The van der Waals surface area contributed by atoms with Crippen LogP contribution in [0.25, 0.3) is 0 Å². The van der Waals surface area contributed by atoms with Crippen LogP contribution in [0.2, 0.25) is 5.02 Å². The molecule has 9 heteroatoms. The Morgan fingerprint density at radius 3 is 2.31 bits per heavy atom. The van der Waals surface area contributed by atoms with Crippen molar-refractivity contribution in [3.05, 3.63) is 52.5 Å². The number of halogens is 1. The predicted molar refractivity (Wildman–Crippen MR) is 115 cm³/mol. The van der Waals surface area contributed by atoms with E-state index in [1.54, 1.807) is 50.6 Å². The largest absolute Gasteiger partial charge is 0.493 e. The number of nitrogens with one attached hydrogen (secondary N) is 2. The van der Waals surface area contributed by atoms with Gasteiger partial charge in [0.2, 0.25) is 0 Å². The van der Waals surface area contributed by atoms with E-state index in [0.29, 0.717) is 47.6 Å². The standard InChI is InChI=1S/C20H23ClN2O5S/c1-25-8-9-28-15-6-4-13(5-7-15)19(24)23-20(29)22-12-14-10-17(26-2)18(27-3)11-16(14)21/h4-7,10-11H,8-9,12H2,1-3H3,(H2,22,23,24,29). The summed E-state index contributed by atoms with van der Waals surface area (Å²) in [6.07, 6.45) is 0. The van der Waals surface area contributed by atoms with Crippen LogP contribution >= 0.6 is 23.8 Å². The Kier molecular flexibility index (Phi) is 8.98. The SMILES string of the molecule is COCCOc1ccc(C(=O)NC(=S)NCc2cc(OC)c(OC)cc2Cl)cc1. The summed E-state index contributed by atoms with van der Waals surface area (Å²) < 4.78 is 20.9. The van der Waals surface area contributed by atoms with Crippen LogP contribution < -0.4 is 24.8 Å². The van der Waals surface area contributed by atoms with E-state index in [-0.39, 0.29) is 11.0 Å². The Morgan fingerprint density at radius 2 is 1.69 bits per heavy atom. The highest BCUT2D eigenvalue weighted by molar-refractivity contribution is 7.80. The lowest BCUT2D eigenvalue weighted by Gasteiger charge is -2.14. The molecule has 7 nitrogen and oxygen atoms in total. The number of thiocarbonyl (C=S) groups is 1. The molecular formula is C20H23ClN2O5S. The molecule has 0 bridgehead atoms. The first-order valence-corrected chi connectivity index (χ1v) is 9.48. The van der Waals surface area contributed by atoms with E-state index in [4.69, 9.17) is 42.8 Å². The third kappa shape index (κ3) is 6.77. The zero-order valence-corrected chi connectivity index (χ0v) is 18.0. The molecule has 2 N–H and O–H groups in total. The molecule has 0 radical (unpaired) electrons. The van der Waals surface area contributed by atoms with Crippen molar-refractivity contribution in [3.8, 4) is 17.2 Å². The lowest BCUT2D eigenvalue weighted by atomic mass is 10.2. The molecule has 0 unspecified atom stereocenters. The molecule has 0 spiro atoms. The zero-order valence-electron chi connectivity index (χ0n) is 16.4. The molecule has 0 aromatic heterocycles. The maximum absolute atomic E-state index is 12.3. The lowest BCUT2D eigenvalue weighted by molar-refractivity contribution is 0.0976. The molecule has 0 fully saturated rings. The highest BCUT2D eigenvalue weighted by atomic mass is 35.5. The molecular weight excluding hydrogens is 416 g/mol. The Hall–Kier alpha value is -2.55. The number of rotatable bonds is 9. The molecule has 0 aliphatic carbocycles. The van der Waals surface area contributed by atoms with Gasteiger partial charge in [-0.25, -0.2) is 0 Å². The maximum atomic E-state index is 12.3. The van der Waals surface area contributed by atoms with Crippen molar-refractivity contribution in [2.45, 2.75) is 6.54 Å². The summed E-state index contributed by atoms with van der Waals surface area (Å²) in [4.78, 5) is 12.3. The molecule has 2 rings (SSSR count). The van der Waals surface area contributed by atoms with E-state index in [1.807, 2.05) is 0 Å². The van der Waals surface area contributed by atoms with E-state index < -0.39 is 0 Å². The van der Waals surface area contributed by atoms with Gasteiger partial charge in [0.15, 0.2) is 16.6 Å². The fourth-order valence-electron chi connectivity index (χ4n) is 2.37. The van der Waals surface area contributed by atoms with Gasteiger partial charge in [0, 0.05) is 30.3 Å². The minimum atomic E-state index is -0.329. The van der Waals surface area contributed by atoms with E-state index in [0.717, 1.165) is 5.56 Å². The molecule has 0 aliphatic rings. The van der Waals surface area contributed by atoms with Crippen LogP contribution in [0.5, 0.6) is 17.2 Å². The van der Waals surface area contributed by atoms with Gasteiger partial charge >= 0.3 is 0 Å². The molecule has 2 aromatic rings. The van der Waals surface area contributed by atoms with Gasteiger partial charge in [0.1, 0.15) is 12.4 Å². The monoisotopic (exact) mass is 438 g/mol. The number of carbonyl (C=O) groups is 1. The summed E-state index contributed by atoms with van der Waals surface area (Å²) in [5.41, 5.74) is 1.20. The molecule has 0 heterocycles. The topological polar surface area (TPSA) is 78.1 Å². The molecule has 0 aliphatic heterocycles. The molecule has 0 saturated carbocycles. The Morgan fingerprint density at radius 1 is 1.03 bits per heavy atom. The zero-order chi connectivity index (χ0) is 21.2. The van der Waals surface area contributed by atoms with Crippen molar-refractivity contribution in [2.24, 2.45) is 0 Å². The number of amides is 1. The van der Waals surface area contributed by atoms with Crippen LogP contribution in [0.15, 0.2) is 36.4 Å². The molecule has 0 saturated heterocycles. The minimum absolute atomic E-state index is 0.182. The summed E-state index contributed by atoms with van der Waals surface area (Å²) in [5.74, 6) is 1.41. The average molecular weight is 439 g/mol. The van der Waals surface area contributed by atoms with Crippen molar-refractivity contribution in [2.75, 3.05) is 34.5 Å². The van der Waals surface area contributed by atoms with E-state index in [9.17, 15) is 4.79 Å². The summed E-state index contributed by atoms with van der Waals surface area (Å²) in [6.45, 7) is 1.24. The van der Waals surface area contributed by atoms with Gasteiger partial charge in [-0.15, -0.1) is 0 Å². The summed E-state index contributed by atoms with van der Waals surface area (Å²) in [6, 6.07) is 10.2. The minimum Gasteiger partial charge on any atom is -0.493 e. The second-order valence-electron chi connectivity index (χ2n) is 5.80. The van der Waals surface area contributed by atoms with Crippen LogP contribution in [0.1, 0.15) is 15.9 Å². The summed E-state index contributed by atoms with van der Waals surface area (Å²) in [5, 5.41) is 6.26. The molecule has 29 heavy (non-hydrogen) atoms. The van der Waals surface area contributed by atoms with Crippen LogP contribution in [0.4, 0.5) is 0 Å². The maximum Gasteiger partial charge on any atom is 0.257 e. The first-order valence-electron chi connectivity index (χ1n) is 8.69. The second-order valence-corrected chi connectivity index (χ2v) is 6.62. The van der Waals surface area contributed by atoms with Gasteiger partial charge in [-0.1, -0.05) is 11.6 Å². The third-order valence-corrected chi connectivity index (χ3v) is 4.49. The van der Waals surface area contributed by atoms with Gasteiger partial charge < -0.3 is 24.3 Å². The van der Waals surface area contributed by atoms with E-state index in [2.05, 4.69) is 10.6 Å². The summed E-state index contributed by atoms with van der Waals surface area (Å²) >= 11 is 11.5. The first kappa shape index (κ1) is 22.7. The normalized spacial score (nSPS) is 10.2. The van der Waals surface area contributed by atoms with Crippen LogP contribution in [-0.2, 0) is 11.3 Å². The van der Waals surface area contributed by atoms with Crippen molar-refractivity contribution in [1.29, 1.82) is 0 Å². The lowest BCUT2D eigenvalue weighted by Crippen LogP contribution is -2.38. The van der Waals surface area contributed by atoms with Crippen LogP contribution in [-0.4, -0.2) is 45.6 Å². The number of benzene rings is 2. The Balaban J connectivity index is 1.90. The third-order valence-electron chi connectivity index (χ3n) is 3.89. The molecule has 2 aromatic carbocycles. The quantitative estimate of drug-likeness (QED) is 0.460. The van der Waals surface area contributed by atoms with Crippen LogP contribution in [0.3, 0.4) is 0 Å². The molecule has 1 amide bonds. The second kappa shape index (κ2) is 11.5. The highest BCUT2D eigenvalue weighted by Gasteiger charge is 2.12. The summed E-state index contributed by atoms with van der Waals surface area (Å²) in [7, 11) is 4.68. The van der Waals surface area contributed by atoms with Gasteiger partial charge in [-0.3, -0.25) is 10.1 Å². The Bertz CT molecular complexity index is 846. The Labute approximate surface area is 180 Å². The predicted octanol–water partition coefficient (Wildman–Crippen LogP) is 3.19. The molecule has 0 atom stereocenters. The van der Waals surface area contributed by atoms with Gasteiger partial charge in [-0.2, -0.15) is 0 Å². The van der Waals surface area contributed by atoms with E-state index in [1.165, 1.54) is 7.11 Å². The smallest absolute Gasteiger partial charge is 0.257 e. The number of carbonyl (C=O) groups excluding carboxylic acids is 1. The molecule has 156 valence electrons. The number of hydrogen-bond acceptors (Lipinski definition) is 6. The fourth-order valence-corrected chi connectivity index (χ4v) is 2.76. The van der Waals surface area contributed by atoms with Gasteiger partial charge in [0.05, 0.1) is 20.8 Å². The number of methoxy groups -OCH3 is 3. The van der Waals surface area contributed by atoms with Crippen molar-refractivity contribution in [1.82, 2.24) is 10.6 Å². The number of hydrogen-bond donors (Lipinski definition) is 2. The highest BCUT2D eigenvalue weighted by Crippen LogP contribution is 2.32. The van der Waals surface area contributed by atoms with Crippen molar-refractivity contribution < 1.29 is 23.7 Å². The van der Waals surface area contributed by atoms with Gasteiger partial charge in [0.25, 0.3) is 5.91 Å². The average Bonchev–Trinajstić information content (AvgIpc) is 2.73. The first-order chi connectivity index (χ1) is 14.0. The fraction of sp³-hybridized carbons (Fsp3) is 0.300. The number of ether oxygens (including phenoxy) is 4. The van der Waals surface area contributed by atoms with Crippen molar-refractivity contribution >= 4 is 34.8 Å². The van der Waals surface area contributed by atoms with Gasteiger partial charge in [-0.05, 0) is 48.1 Å². The van der Waals surface area contributed by atoms with Crippen molar-refractivity contribution in [3.63, 3.8) is 0 Å². The van der Waals surface area contributed by atoms with Crippen LogP contribution in [0, 0.1) is 0 Å². The van der Waals surface area contributed by atoms with E-state index >= 15 is 0 Å².